The molecule has 0 aliphatic carbocycles. The second-order valence-corrected chi connectivity index (χ2v) is 5.40. The second-order valence-electron chi connectivity index (χ2n) is 3.52. The van der Waals surface area contributed by atoms with Gasteiger partial charge in [-0.2, -0.15) is 11.8 Å². The van der Waals surface area contributed by atoms with Crippen molar-refractivity contribution in [2.45, 2.75) is 11.9 Å². The Morgan fingerprint density at radius 3 is 2.81 bits per heavy atom. The maximum absolute atomic E-state index is 10.0. The molecule has 1 aliphatic rings. The Morgan fingerprint density at radius 1 is 1.44 bits per heavy atom. The van der Waals surface area contributed by atoms with Gasteiger partial charge in [0.1, 0.15) is 11.5 Å². The number of thioether (sulfide) groups is 1. The van der Waals surface area contributed by atoms with Gasteiger partial charge in [0.15, 0.2) is 0 Å². The maximum atomic E-state index is 10.0. The molecule has 1 N–H and O–H groups in total. The molecule has 1 atom stereocenters. The summed E-state index contributed by atoms with van der Waals surface area (Å²) < 4.78 is 11.5. The van der Waals surface area contributed by atoms with Gasteiger partial charge in [0.05, 0.1) is 24.8 Å². The van der Waals surface area contributed by atoms with E-state index in [1.54, 1.807) is 26.0 Å². The first-order chi connectivity index (χ1) is 7.69. The van der Waals surface area contributed by atoms with E-state index >= 15 is 0 Å². The van der Waals surface area contributed by atoms with Gasteiger partial charge in [-0.05, 0) is 22.0 Å². The van der Waals surface area contributed by atoms with Gasteiger partial charge < -0.3 is 14.6 Å². The summed E-state index contributed by atoms with van der Waals surface area (Å²) in [6.07, 6.45) is -0.491. The van der Waals surface area contributed by atoms with Crippen LogP contribution in [0.2, 0.25) is 0 Å². The number of rotatable bonds is 2. The van der Waals surface area contributed by atoms with Crippen molar-refractivity contribution in [1.29, 1.82) is 0 Å². The first kappa shape index (κ1) is 12.1. The van der Waals surface area contributed by atoms with Crippen LogP contribution in [-0.2, 0) is 5.75 Å². The number of halogens is 1. The minimum Gasteiger partial charge on any atom is -0.496 e. The summed E-state index contributed by atoms with van der Waals surface area (Å²) in [4.78, 5) is 0. The van der Waals surface area contributed by atoms with Gasteiger partial charge in [0.25, 0.3) is 0 Å². The Morgan fingerprint density at radius 2 is 2.19 bits per heavy atom. The van der Waals surface area contributed by atoms with Crippen molar-refractivity contribution in [3.8, 4) is 11.5 Å². The van der Waals surface area contributed by atoms with E-state index < -0.39 is 6.10 Å². The van der Waals surface area contributed by atoms with E-state index in [2.05, 4.69) is 15.9 Å². The first-order valence-electron chi connectivity index (χ1n) is 4.88. The molecule has 1 unspecified atom stereocenters. The lowest BCUT2D eigenvalue weighted by Crippen LogP contribution is -2.13. The highest BCUT2D eigenvalue weighted by molar-refractivity contribution is 9.10. The van der Waals surface area contributed by atoms with Crippen LogP contribution in [0.4, 0.5) is 0 Å². The normalized spacial score (nSPS) is 19.1. The average Bonchev–Trinajstić information content (AvgIpc) is 2.29. The molecule has 3 nitrogen and oxygen atoms in total. The lowest BCUT2D eigenvalue weighted by molar-refractivity contribution is 0.195. The van der Waals surface area contributed by atoms with E-state index in [1.807, 2.05) is 6.07 Å². The molecule has 0 amide bonds. The molecule has 0 saturated heterocycles. The van der Waals surface area contributed by atoms with Crippen LogP contribution in [0.15, 0.2) is 10.5 Å². The highest BCUT2D eigenvalue weighted by Crippen LogP contribution is 2.45. The largest absolute Gasteiger partial charge is 0.496 e. The number of hydrogen-bond acceptors (Lipinski definition) is 4. The minimum atomic E-state index is -0.491. The summed E-state index contributed by atoms with van der Waals surface area (Å²) in [6.45, 7) is 0. The van der Waals surface area contributed by atoms with Crippen molar-refractivity contribution in [1.82, 2.24) is 0 Å². The van der Waals surface area contributed by atoms with Crippen molar-refractivity contribution < 1.29 is 14.6 Å². The Labute approximate surface area is 107 Å². The van der Waals surface area contributed by atoms with Crippen molar-refractivity contribution in [2.75, 3.05) is 20.0 Å². The zero-order valence-electron chi connectivity index (χ0n) is 9.12. The quantitative estimate of drug-likeness (QED) is 0.912. The lowest BCUT2D eigenvalue weighted by atomic mass is 10.0. The predicted molar refractivity (Wildman–Crippen MR) is 68.4 cm³/mol. The van der Waals surface area contributed by atoms with Gasteiger partial charge in [-0.1, -0.05) is 0 Å². The molecule has 0 aromatic heterocycles. The van der Waals surface area contributed by atoms with Crippen LogP contribution in [0.5, 0.6) is 11.5 Å². The fraction of sp³-hybridized carbons (Fsp3) is 0.455. The zero-order valence-corrected chi connectivity index (χ0v) is 11.5. The molecule has 5 heteroatoms. The van der Waals surface area contributed by atoms with Crippen LogP contribution >= 0.6 is 27.7 Å². The maximum Gasteiger partial charge on any atom is 0.139 e. The second kappa shape index (κ2) is 4.85. The summed E-state index contributed by atoms with van der Waals surface area (Å²) in [5.41, 5.74) is 1.89. The van der Waals surface area contributed by atoms with Crippen molar-refractivity contribution >= 4 is 27.7 Å². The van der Waals surface area contributed by atoms with Crippen LogP contribution in [0.3, 0.4) is 0 Å². The number of aliphatic hydroxyl groups excluding tert-OH is 1. The predicted octanol–water partition coefficient (Wildman–Crippen LogP) is 2.75. The molecule has 1 aromatic rings. The van der Waals surface area contributed by atoms with E-state index in [0.717, 1.165) is 27.1 Å². The lowest BCUT2D eigenvalue weighted by Gasteiger charge is -2.25. The SMILES string of the molecule is COc1cc(Br)c(OC)c2c1CSCC2O. The molecule has 16 heavy (non-hydrogen) atoms. The van der Waals surface area contributed by atoms with Gasteiger partial charge >= 0.3 is 0 Å². The smallest absolute Gasteiger partial charge is 0.139 e. The first-order valence-corrected chi connectivity index (χ1v) is 6.82. The van der Waals surface area contributed by atoms with Crippen molar-refractivity contribution in [3.63, 3.8) is 0 Å². The van der Waals surface area contributed by atoms with Crippen LogP contribution < -0.4 is 9.47 Å². The topological polar surface area (TPSA) is 38.7 Å². The Hall–Kier alpha value is -0.390. The van der Waals surface area contributed by atoms with Gasteiger partial charge in [-0.25, -0.2) is 0 Å². The third kappa shape index (κ3) is 1.92. The Bertz CT molecular complexity index is 409. The standard InChI is InChI=1S/C11H13BrO3S/c1-14-9-3-7(12)11(15-2)10-6(9)4-16-5-8(10)13/h3,8,13H,4-5H2,1-2H3. The van der Waals surface area contributed by atoms with E-state index in [1.165, 1.54) is 0 Å². The van der Waals surface area contributed by atoms with Crippen molar-refractivity contribution in [3.05, 3.63) is 21.7 Å². The molecule has 1 aliphatic heterocycles. The molecule has 0 saturated carbocycles. The number of fused-ring (bicyclic) bond motifs is 1. The van der Waals surface area contributed by atoms with Crippen LogP contribution in [-0.4, -0.2) is 25.1 Å². The van der Waals surface area contributed by atoms with Crippen LogP contribution in [0.1, 0.15) is 17.2 Å². The molecule has 0 spiro atoms. The molecular weight excluding hydrogens is 292 g/mol. The van der Waals surface area contributed by atoms with Gasteiger partial charge in [0, 0.05) is 22.6 Å². The molecule has 0 fully saturated rings. The number of benzene rings is 1. The average molecular weight is 305 g/mol. The highest BCUT2D eigenvalue weighted by Gasteiger charge is 2.27. The third-order valence-electron chi connectivity index (χ3n) is 2.62. The summed E-state index contributed by atoms with van der Waals surface area (Å²) in [6, 6.07) is 1.89. The van der Waals surface area contributed by atoms with Gasteiger partial charge in [-0.15, -0.1) is 0 Å². The molecule has 1 aromatic carbocycles. The van der Waals surface area contributed by atoms with Gasteiger partial charge in [0.2, 0.25) is 0 Å². The van der Waals surface area contributed by atoms with E-state index in [9.17, 15) is 5.11 Å². The molecule has 2 rings (SSSR count). The van der Waals surface area contributed by atoms with E-state index in [0.29, 0.717) is 11.5 Å². The number of ether oxygens (including phenoxy) is 2. The molecule has 0 bridgehead atoms. The number of methoxy groups -OCH3 is 2. The van der Waals surface area contributed by atoms with Crippen molar-refractivity contribution in [2.24, 2.45) is 0 Å². The molecule has 1 heterocycles. The highest BCUT2D eigenvalue weighted by atomic mass is 79.9. The number of aliphatic hydroxyl groups is 1. The fourth-order valence-corrected chi connectivity index (χ4v) is 3.51. The van der Waals surface area contributed by atoms with Gasteiger partial charge in [-0.3, -0.25) is 0 Å². The third-order valence-corrected chi connectivity index (χ3v) is 4.25. The van der Waals surface area contributed by atoms with Crippen LogP contribution in [0, 0.1) is 0 Å². The summed E-state index contributed by atoms with van der Waals surface area (Å²) in [5.74, 6) is 3.06. The Kier molecular flexibility index (Phi) is 3.66. The van der Waals surface area contributed by atoms with E-state index in [-0.39, 0.29) is 0 Å². The zero-order chi connectivity index (χ0) is 11.7. The molecule has 88 valence electrons. The number of hydrogen-bond donors (Lipinski definition) is 1. The summed E-state index contributed by atoms with van der Waals surface area (Å²) >= 11 is 5.13. The summed E-state index contributed by atoms with van der Waals surface area (Å²) in [5, 5.41) is 10.0. The minimum absolute atomic E-state index is 0.491. The molecule has 0 radical (unpaired) electrons. The summed E-state index contributed by atoms with van der Waals surface area (Å²) in [7, 11) is 3.25. The molecular formula is C11H13BrO3S. The fourth-order valence-electron chi connectivity index (χ4n) is 1.91. The monoisotopic (exact) mass is 304 g/mol. The van der Waals surface area contributed by atoms with E-state index in [4.69, 9.17) is 9.47 Å². The Balaban J connectivity index is 2.66. The van der Waals surface area contributed by atoms with Crippen LogP contribution in [0.25, 0.3) is 0 Å².